The van der Waals surface area contributed by atoms with E-state index in [9.17, 15) is 0 Å². The molecule has 0 amide bonds. The van der Waals surface area contributed by atoms with Crippen LogP contribution in [-0.4, -0.2) is 14.5 Å². The van der Waals surface area contributed by atoms with Crippen LogP contribution in [0, 0.1) is 0 Å². The van der Waals surface area contributed by atoms with Crippen molar-refractivity contribution in [2.24, 2.45) is 0 Å². The number of para-hydroxylation sites is 1. The molecule has 4 heteroatoms. The maximum Gasteiger partial charge on any atom is 0.222 e. The Balaban J connectivity index is 2.28. The second-order valence-electron chi connectivity index (χ2n) is 5.05. The Bertz CT molecular complexity index is 902. The van der Waals surface area contributed by atoms with Crippen molar-refractivity contribution in [2.75, 3.05) is 5.73 Å². The standard InChI is InChI=1S/C19H18N4/c1-3-8-14(9-4-2)17-16-12-13-23(15-10-6-5-7-11-15)18(16)22-19(20)21-17/h3-13H,1H2,2H3,(H2,20,21,22)/b9-4-,14-8+. The van der Waals surface area contributed by atoms with Crippen molar-refractivity contribution in [3.63, 3.8) is 0 Å². The highest BCUT2D eigenvalue weighted by Crippen LogP contribution is 2.27. The molecule has 0 fully saturated rings. The number of rotatable bonds is 4. The summed E-state index contributed by atoms with van der Waals surface area (Å²) in [5.41, 5.74) is 9.53. The van der Waals surface area contributed by atoms with Gasteiger partial charge in [-0.25, -0.2) is 4.98 Å². The number of nitrogen functional groups attached to an aromatic ring is 1. The van der Waals surface area contributed by atoms with Crippen LogP contribution in [0.25, 0.3) is 22.3 Å². The lowest BCUT2D eigenvalue weighted by Crippen LogP contribution is -2.02. The van der Waals surface area contributed by atoms with Gasteiger partial charge in [0.05, 0.1) is 5.69 Å². The van der Waals surface area contributed by atoms with Crippen LogP contribution in [0.4, 0.5) is 5.95 Å². The van der Waals surface area contributed by atoms with E-state index in [2.05, 4.69) is 16.5 Å². The van der Waals surface area contributed by atoms with Crippen molar-refractivity contribution in [1.82, 2.24) is 14.5 Å². The molecule has 0 aliphatic rings. The van der Waals surface area contributed by atoms with E-state index in [-0.39, 0.29) is 5.95 Å². The Hall–Kier alpha value is -3.14. The summed E-state index contributed by atoms with van der Waals surface area (Å²) >= 11 is 0. The minimum atomic E-state index is 0.253. The third kappa shape index (κ3) is 2.79. The molecule has 2 heterocycles. The first-order chi connectivity index (χ1) is 11.2. The fraction of sp³-hybridized carbons (Fsp3) is 0.0526. The lowest BCUT2D eigenvalue weighted by atomic mass is 10.1. The molecule has 0 aliphatic heterocycles. The van der Waals surface area contributed by atoms with E-state index >= 15 is 0 Å². The highest BCUT2D eigenvalue weighted by atomic mass is 15.1. The molecule has 0 saturated heterocycles. The molecule has 0 spiro atoms. The van der Waals surface area contributed by atoms with Crippen LogP contribution in [0.1, 0.15) is 12.6 Å². The summed E-state index contributed by atoms with van der Waals surface area (Å²) < 4.78 is 2.01. The number of nitrogens with zero attached hydrogens (tertiary/aromatic N) is 3. The normalized spacial score (nSPS) is 12.1. The number of benzene rings is 1. The first kappa shape index (κ1) is 14.8. The highest BCUT2D eigenvalue weighted by molar-refractivity contribution is 5.93. The zero-order valence-electron chi connectivity index (χ0n) is 13.0. The Morgan fingerprint density at radius 2 is 1.96 bits per heavy atom. The largest absolute Gasteiger partial charge is 0.368 e. The molecule has 0 atom stereocenters. The van der Waals surface area contributed by atoms with Crippen LogP contribution in [-0.2, 0) is 0 Å². The lowest BCUT2D eigenvalue weighted by Gasteiger charge is -2.08. The van der Waals surface area contributed by atoms with E-state index in [1.54, 1.807) is 6.08 Å². The number of fused-ring (bicyclic) bond motifs is 1. The molecule has 2 N–H and O–H groups in total. The molecule has 3 aromatic rings. The van der Waals surface area contributed by atoms with Gasteiger partial charge in [-0.1, -0.05) is 49.1 Å². The number of anilines is 1. The summed E-state index contributed by atoms with van der Waals surface area (Å²) in [7, 11) is 0. The zero-order chi connectivity index (χ0) is 16.2. The van der Waals surface area contributed by atoms with Gasteiger partial charge in [-0.15, -0.1) is 0 Å². The second-order valence-corrected chi connectivity index (χ2v) is 5.05. The number of nitrogens with two attached hydrogens (primary N) is 1. The maximum absolute atomic E-state index is 5.95. The zero-order valence-corrected chi connectivity index (χ0v) is 13.0. The topological polar surface area (TPSA) is 56.7 Å². The van der Waals surface area contributed by atoms with Crippen LogP contribution in [0.3, 0.4) is 0 Å². The van der Waals surface area contributed by atoms with Crippen molar-refractivity contribution in [3.8, 4) is 5.69 Å². The van der Waals surface area contributed by atoms with E-state index < -0.39 is 0 Å². The number of hydrogen-bond acceptors (Lipinski definition) is 3. The van der Waals surface area contributed by atoms with Gasteiger partial charge in [-0.2, -0.15) is 4.98 Å². The van der Waals surface area contributed by atoms with E-state index in [0.717, 1.165) is 28.0 Å². The third-order valence-electron chi connectivity index (χ3n) is 3.51. The fourth-order valence-corrected chi connectivity index (χ4v) is 2.57. The van der Waals surface area contributed by atoms with Crippen LogP contribution in [0.5, 0.6) is 0 Å². The quantitative estimate of drug-likeness (QED) is 0.737. The van der Waals surface area contributed by atoms with Crippen molar-refractivity contribution in [3.05, 3.63) is 79.2 Å². The maximum atomic E-state index is 5.95. The van der Waals surface area contributed by atoms with Gasteiger partial charge in [-0.3, -0.25) is 0 Å². The van der Waals surface area contributed by atoms with Gasteiger partial charge < -0.3 is 10.3 Å². The van der Waals surface area contributed by atoms with Gasteiger partial charge in [0.25, 0.3) is 0 Å². The predicted octanol–water partition coefficient (Wildman–Crippen LogP) is 4.15. The van der Waals surface area contributed by atoms with Crippen LogP contribution < -0.4 is 5.73 Å². The second kappa shape index (κ2) is 6.32. The molecular formula is C19H18N4. The molecule has 2 aromatic heterocycles. The molecule has 0 aliphatic carbocycles. The van der Waals surface area contributed by atoms with Crippen LogP contribution in [0.15, 0.2) is 73.5 Å². The highest BCUT2D eigenvalue weighted by Gasteiger charge is 2.13. The van der Waals surface area contributed by atoms with Crippen LogP contribution in [0.2, 0.25) is 0 Å². The molecule has 114 valence electrons. The summed E-state index contributed by atoms with van der Waals surface area (Å²) in [6.45, 7) is 5.74. The summed E-state index contributed by atoms with van der Waals surface area (Å²) in [6, 6.07) is 12.1. The van der Waals surface area contributed by atoms with Gasteiger partial charge in [0, 0.05) is 22.8 Å². The van der Waals surface area contributed by atoms with E-state index in [4.69, 9.17) is 5.73 Å². The molecule has 0 radical (unpaired) electrons. The first-order valence-electron chi connectivity index (χ1n) is 7.40. The van der Waals surface area contributed by atoms with E-state index in [0.29, 0.717) is 0 Å². The third-order valence-corrected chi connectivity index (χ3v) is 3.51. The summed E-state index contributed by atoms with van der Waals surface area (Å²) in [6.07, 6.45) is 9.60. The van der Waals surface area contributed by atoms with Gasteiger partial charge in [0.15, 0.2) is 5.65 Å². The molecule has 23 heavy (non-hydrogen) atoms. The van der Waals surface area contributed by atoms with Crippen LogP contribution >= 0.6 is 0 Å². The SMILES string of the molecule is C=C/C=C(\C=C/C)c1nc(N)nc2c1ccn2-c1ccccc1. The molecular weight excluding hydrogens is 284 g/mol. The average Bonchev–Trinajstić information content (AvgIpc) is 2.98. The first-order valence-corrected chi connectivity index (χ1v) is 7.40. The van der Waals surface area contributed by atoms with Gasteiger partial charge in [0.2, 0.25) is 5.95 Å². The summed E-state index contributed by atoms with van der Waals surface area (Å²) in [5.74, 6) is 0.253. The molecule has 0 saturated carbocycles. The smallest absolute Gasteiger partial charge is 0.222 e. The molecule has 0 bridgehead atoms. The van der Waals surface area contributed by atoms with E-state index in [1.165, 1.54) is 0 Å². The molecule has 0 unspecified atom stereocenters. The minimum absolute atomic E-state index is 0.253. The Labute approximate surface area is 135 Å². The van der Waals surface area contributed by atoms with Crippen molar-refractivity contribution < 1.29 is 0 Å². The summed E-state index contributed by atoms with van der Waals surface area (Å²) in [4.78, 5) is 8.86. The Morgan fingerprint density at radius 1 is 1.17 bits per heavy atom. The Morgan fingerprint density at radius 3 is 2.65 bits per heavy atom. The van der Waals surface area contributed by atoms with Crippen molar-refractivity contribution in [1.29, 1.82) is 0 Å². The molecule has 3 rings (SSSR count). The molecule has 1 aromatic carbocycles. The van der Waals surface area contributed by atoms with Gasteiger partial charge in [0.1, 0.15) is 0 Å². The average molecular weight is 302 g/mol. The summed E-state index contributed by atoms with van der Waals surface area (Å²) in [5, 5.41) is 0.953. The number of aromatic nitrogens is 3. The van der Waals surface area contributed by atoms with Gasteiger partial charge in [-0.05, 0) is 25.1 Å². The number of hydrogen-bond donors (Lipinski definition) is 1. The lowest BCUT2D eigenvalue weighted by molar-refractivity contribution is 1.08. The van der Waals surface area contributed by atoms with Crippen molar-refractivity contribution >= 4 is 22.6 Å². The monoisotopic (exact) mass is 302 g/mol. The Kier molecular flexibility index (Phi) is 4.06. The van der Waals surface area contributed by atoms with Gasteiger partial charge >= 0.3 is 0 Å². The number of allylic oxidation sites excluding steroid dienone is 5. The predicted molar refractivity (Wildman–Crippen MR) is 96.3 cm³/mol. The molecule has 4 nitrogen and oxygen atoms in total. The van der Waals surface area contributed by atoms with E-state index in [1.807, 2.05) is 72.3 Å². The van der Waals surface area contributed by atoms with Crippen molar-refractivity contribution in [2.45, 2.75) is 6.92 Å². The fourth-order valence-electron chi connectivity index (χ4n) is 2.57. The minimum Gasteiger partial charge on any atom is -0.368 e.